The lowest BCUT2D eigenvalue weighted by atomic mass is 10.1. The minimum Gasteiger partial charge on any atom is -0.399 e. The fraction of sp³-hybridized carbons (Fsp3) is 0.737. The van der Waals surface area contributed by atoms with E-state index in [4.69, 9.17) is 9.57 Å². The van der Waals surface area contributed by atoms with E-state index in [1.165, 1.54) is 22.6 Å². The number of hydrogen-bond acceptors (Lipinski definition) is 7. The molecule has 0 spiro atoms. The molecule has 0 amide bonds. The molecule has 1 saturated heterocycles. The van der Waals surface area contributed by atoms with Gasteiger partial charge in [-0.3, -0.25) is 9.36 Å². The number of nitrogens with zero attached hydrogens (tertiary/aromatic N) is 5. The van der Waals surface area contributed by atoms with Crippen molar-refractivity contribution >= 4 is 17.5 Å². The second-order valence-corrected chi connectivity index (χ2v) is 8.04. The maximum atomic E-state index is 13.9. The van der Waals surface area contributed by atoms with Crippen LogP contribution >= 0.6 is 0 Å². The Hall–Kier alpha value is -2.30. The van der Waals surface area contributed by atoms with Gasteiger partial charge in [-0.1, -0.05) is 5.16 Å². The molecule has 2 fully saturated rings. The van der Waals surface area contributed by atoms with E-state index in [1.54, 1.807) is 0 Å². The van der Waals surface area contributed by atoms with Crippen molar-refractivity contribution in [2.24, 2.45) is 11.1 Å². The van der Waals surface area contributed by atoms with E-state index in [0.717, 1.165) is 12.8 Å². The summed E-state index contributed by atoms with van der Waals surface area (Å²) in [5.74, 6) is 0.532. The number of morpholine rings is 1. The summed E-state index contributed by atoms with van der Waals surface area (Å²) in [6.07, 6.45) is -2.92. The van der Waals surface area contributed by atoms with Crippen LogP contribution in [0.1, 0.15) is 26.2 Å². The van der Waals surface area contributed by atoms with Crippen molar-refractivity contribution in [3.8, 4) is 0 Å². The lowest BCUT2D eigenvalue weighted by molar-refractivity contribution is -0.152. The summed E-state index contributed by atoms with van der Waals surface area (Å²) in [6, 6.07) is -0.355. The molecule has 1 aromatic heterocycles. The van der Waals surface area contributed by atoms with Crippen LogP contribution in [0.3, 0.4) is 0 Å². The van der Waals surface area contributed by atoms with Gasteiger partial charge in [0.2, 0.25) is 5.95 Å². The average molecular weight is 429 g/mol. The van der Waals surface area contributed by atoms with Gasteiger partial charge >= 0.3 is 6.18 Å². The second kappa shape index (κ2) is 8.09. The van der Waals surface area contributed by atoms with E-state index >= 15 is 0 Å². The molecule has 4 rings (SSSR count). The Labute approximate surface area is 172 Å². The first-order chi connectivity index (χ1) is 14.3. The number of alkyl halides is 3. The SMILES string of the molecule is CO/N=C(/CN1c2nc(N3CCOCC3C)cc(=O)n2CCC1C(F)(F)F)C1CC1. The highest BCUT2D eigenvalue weighted by atomic mass is 19.4. The molecule has 3 heterocycles. The molecule has 2 unspecified atom stereocenters. The Bertz CT molecular complexity index is 868. The molecule has 1 saturated carbocycles. The zero-order valence-corrected chi connectivity index (χ0v) is 17.1. The molecule has 11 heteroatoms. The van der Waals surface area contributed by atoms with Crippen molar-refractivity contribution < 1.29 is 22.7 Å². The molecule has 2 aliphatic heterocycles. The summed E-state index contributed by atoms with van der Waals surface area (Å²) in [6.45, 7) is 3.31. The highest BCUT2D eigenvalue weighted by Gasteiger charge is 2.48. The lowest BCUT2D eigenvalue weighted by Gasteiger charge is -2.40. The summed E-state index contributed by atoms with van der Waals surface area (Å²) in [5, 5.41) is 3.98. The fourth-order valence-corrected chi connectivity index (χ4v) is 4.13. The molecule has 2 atom stereocenters. The fourth-order valence-electron chi connectivity index (χ4n) is 4.13. The minimum atomic E-state index is -4.45. The number of fused-ring (bicyclic) bond motifs is 1. The molecule has 30 heavy (non-hydrogen) atoms. The molecule has 3 aliphatic rings. The third-order valence-electron chi connectivity index (χ3n) is 5.86. The summed E-state index contributed by atoms with van der Waals surface area (Å²) >= 11 is 0. The average Bonchev–Trinajstić information content (AvgIpc) is 3.52. The van der Waals surface area contributed by atoms with E-state index in [9.17, 15) is 18.0 Å². The normalized spacial score (nSPS) is 25.3. The van der Waals surface area contributed by atoms with Gasteiger partial charge in [-0.05, 0) is 26.2 Å². The first kappa shape index (κ1) is 21.0. The Morgan fingerprint density at radius 2 is 2.10 bits per heavy atom. The molecule has 1 aliphatic carbocycles. The van der Waals surface area contributed by atoms with Crippen molar-refractivity contribution in [1.29, 1.82) is 0 Å². The molecule has 0 bridgehead atoms. The predicted molar refractivity (Wildman–Crippen MR) is 105 cm³/mol. The van der Waals surface area contributed by atoms with Gasteiger partial charge in [-0.15, -0.1) is 0 Å². The van der Waals surface area contributed by atoms with Crippen LogP contribution in [0.15, 0.2) is 16.0 Å². The largest absolute Gasteiger partial charge is 0.408 e. The molecule has 0 N–H and O–H groups in total. The van der Waals surface area contributed by atoms with Crippen molar-refractivity contribution in [1.82, 2.24) is 9.55 Å². The van der Waals surface area contributed by atoms with Crippen molar-refractivity contribution in [2.45, 2.75) is 51.0 Å². The monoisotopic (exact) mass is 429 g/mol. The number of anilines is 2. The number of hydrogen-bond donors (Lipinski definition) is 0. The van der Waals surface area contributed by atoms with Gasteiger partial charge in [0, 0.05) is 25.1 Å². The first-order valence-electron chi connectivity index (χ1n) is 10.2. The topological polar surface area (TPSA) is 72.2 Å². The van der Waals surface area contributed by atoms with Gasteiger partial charge in [-0.2, -0.15) is 18.2 Å². The number of rotatable bonds is 5. The van der Waals surface area contributed by atoms with Crippen LogP contribution in [-0.2, 0) is 16.1 Å². The third-order valence-corrected chi connectivity index (χ3v) is 5.86. The van der Waals surface area contributed by atoms with Crippen LogP contribution < -0.4 is 15.4 Å². The number of halogens is 3. The summed E-state index contributed by atoms with van der Waals surface area (Å²) in [4.78, 5) is 25.3. The Kier molecular flexibility index (Phi) is 5.65. The smallest absolute Gasteiger partial charge is 0.399 e. The second-order valence-electron chi connectivity index (χ2n) is 8.04. The van der Waals surface area contributed by atoms with Gasteiger partial charge in [0.05, 0.1) is 31.5 Å². The Balaban J connectivity index is 1.76. The number of aromatic nitrogens is 2. The van der Waals surface area contributed by atoms with E-state index in [-0.39, 0.29) is 43.0 Å². The van der Waals surface area contributed by atoms with E-state index < -0.39 is 12.2 Å². The lowest BCUT2D eigenvalue weighted by Crippen LogP contribution is -2.54. The first-order valence-corrected chi connectivity index (χ1v) is 10.2. The Morgan fingerprint density at radius 1 is 1.33 bits per heavy atom. The zero-order valence-electron chi connectivity index (χ0n) is 17.1. The van der Waals surface area contributed by atoms with E-state index in [1.807, 2.05) is 11.8 Å². The van der Waals surface area contributed by atoms with E-state index in [2.05, 4.69) is 10.1 Å². The van der Waals surface area contributed by atoms with E-state index in [0.29, 0.717) is 31.3 Å². The molecule has 166 valence electrons. The predicted octanol–water partition coefficient (Wildman–Crippen LogP) is 2.02. The molecule has 8 nitrogen and oxygen atoms in total. The summed E-state index contributed by atoms with van der Waals surface area (Å²) in [5.41, 5.74) is 0.204. The maximum Gasteiger partial charge on any atom is 0.408 e. The number of oxime groups is 1. The van der Waals surface area contributed by atoms with Gasteiger partial charge in [0.1, 0.15) is 19.0 Å². The molecule has 0 aromatic carbocycles. The van der Waals surface area contributed by atoms with Crippen LogP contribution in [0.5, 0.6) is 0 Å². The van der Waals surface area contributed by atoms with Crippen LogP contribution in [0.25, 0.3) is 0 Å². The van der Waals surface area contributed by atoms with Crippen LogP contribution in [-0.4, -0.2) is 66.9 Å². The molecular formula is C19H26F3N5O3. The highest BCUT2D eigenvalue weighted by molar-refractivity contribution is 5.92. The van der Waals surface area contributed by atoms with Gasteiger partial charge in [0.15, 0.2) is 0 Å². The summed E-state index contributed by atoms with van der Waals surface area (Å²) in [7, 11) is 1.38. The molecular weight excluding hydrogens is 403 g/mol. The van der Waals surface area contributed by atoms with Crippen LogP contribution in [0, 0.1) is 5.92 Å². The Morgan fingerprint density at radius 3 is 2.73 bits per heavy atom. The van der Waals surface area contributed by atoms with Crippen molar-refractivity contribution in [3.63, 3.8) is 0 Å². The van der Waals surface area contributed by atoms with Gasteiger partial charge in [0.25, 0.3) is 5.56 Å². The van der Waals surface area contributed by atoms with Crippen molar-refractivity contribution in [2.75, 3.05) is 43.2 Å². The van der Waals surface area contributed by atoms with Gasteiger partial charge in [-0.25, -0.2) is 0 Å². The molecule has 1 aromatic rings. The maximum absolute atomic E-state index is 13.9. The quantitative estimate of drug-likeness (QED) is 0.527. The molecule has 0 radical (unpaired) electrons. The number of ether oxygens (including phenoxy) is 1. The highest BCUT2D eigenvalue weighted by Crippen LogP contribution is 2.37. The standard InChI is InChI=1S/C19H26F3N5O3/c1-12-11-30-8-7-25(12)16-9-17(28)26-6-5-15(19(20,21)22)27(18(26)23-16)10-14(24-29-2)13-3-4-13/h9,12-13,15H,3-8,10-11H2,1-2H3/b24-14-. The summed E-state index contributed by atoms with van der Waals surface area (Å²) < 4.78 is 48.5. The minimum absolute atomic E-state index is 0.0266. The third kappa shape index (κ3) is 4.12. The van der Waals surface area contributed by atoms with Gasteiger partial charge < -0.3 is 19.4 Å². The van der Waals surface area contributed by atoms with Crippen molar-refractivity contribution in [3.05, 3.63) is 16.4 Å². The zero-order chi connectivity index (χ0) is 21.5. The van der Waals surface area contributed by atoms with Crippen LogP contribution in [0.4, 0.5) is 24.9 Å². The van der Waals surface area contributed by atoms with Crippen LogP contribution in [0.2, 0.25) is 0 Å².